The summed E-state index contributed by atoms with van der Waals surface area (Å²) in [6.07, 6.45) is 1.28. The van der Waals surface area contributed by atoms with Crippen molar-refractivity contribution in [2.24, 2.45) is 0 Å². The molecule has 0 aliphatic rings. The van der Waals surface area contributed by atoms with Gasteiger partial charge in [-0.05, 0) is 6.92 Å². The Morgan fingerprint density at radius 2 is 2.20 bits per heavy atom. The number of halogens is 1. The molecule has 0 aromatic carbocycles. The normalized spacial score (nSPS) is 8.50. The summed E-state index contributed by atoms with van der Waals surface area (Å²) >= 11 is 0. The fourth-order valence-electron chi connectivity index (χ4n) is 0.481. The lowest BCUT2D eigenvalue weighted by Gasteiger charge is -1.95. The lowest BCUT2D eigenvalue weighted by molar-refractivity contribution is 0.472. The maximum atomic E-state index is 8.79. The SMILES string of the molecule is Br.Cc1ncc(O)c(N)n1. The first-order chi connectivity index (χ1) is 4.20. The molecule has 1 heterocycles. The minimum absolute atomic E-state index is 0. The fourth-order valence-corrected chi connectivity index (χ4v) is 0.481. The zero-order valence-corrected chi connectivity index (χ0v) is 7.12. The van der Waals surface area contributed by atoms with Crippen LogP contribution in [0.1, 0.15) is 5.82 Å². The molecule has 4 nitrogen and oxygen atoms in total. The second-order valence-electron chi connectivity index (χ2n) is 1.69. The van der Waals surface area contributed by atoms with Gasteiger partial charge in [0.15, 0.2) is 11.6 Å². The standard InChI is InChI=1S/C5H7N3O.BrH/c1-3-7-2-4(9)5(6)8-3;/h2,9H,1H3,(H2,6,7,8);1H. The van der Waals surface area contributed by atoms with E-state index in [1.54, 1.807) is 6.92 Å². The second kappa shape index (κ2) is 3.36. The maximum absolute atomic E-state index is 8.79. The summed E-state index contributed by atoms with van der Waals surface area (Å²) in [6.45, 7) is 1.70. The maximum Gasteiger partial charge on any atom is 0.176 e. The van der Waals surface area contributed by atoms with Gasteiger partial charge >= 0.3 is 0 Å². The molecule has 0 aliphatic carbocycles. The van der Waals surface area contributed by atoms with Crippen LogP contribution in [0.2, 0.25) is 0 Å². The van der Waals surface area contributed by atoms with E-state index in [0.717, 1.165) is 0 Å². The summed E-state index contributed by atoms with van der Waals surface area (Å²) in [4.78, 5) is 7.39. The number of hydrogen-bond donors (Lipinski definition) is 2. The van der Waals surface area contributed by atoms with Crippen molar-refractivity contribution >= 4 is 22.8 Å². The molecule has 0 atom stereocenters. The summed E-state index contributed by atoms with van der Waals surface area (Å²) in [5.74, 6) is 0.619. The number of rotatable bonds is 0. The fraction of sp³-hybridized carbons (Fsp3) is 0.200. The topological polar surface area (TPSA) is 72.0 Å². The van der Waals surface area contributed by atoms with E-state index in [2.05, 4.69) is 9.97 Å². The van der Waals surface area contributed by atoms with Crippen LogP contribution in [0.3, 0.4) is 0 Å². The average molecular weight is 206 g/mol. The molecular formula is C5H8BrN3O. The Bertz CT molecular complexity index is 228. The minimum Gasteiger partial charge on any atom is -0.503 e. The third-order valence-electron chi connectivity index (χ3n) is 0.918. The predicted molar refractivity (Wildman–Crippen MR) is 43.2 cm³/mol. The number of aromatic hydroxyl groups is 1. The highest BCUT2D eigenvalue weighted by atomic mass is 79.9. The highest BCUT2D eigenvalue weighted by molar-refractivity contribution is 8.93. The van der Waals surface area contributed by atoms with Gasteiger partial charge < -0.3 is 10.8 Å². The Labute approximate surface area is 68.9 Å². The molecule has 10 heavy (non-hydrogen) atoms. The van der Waals surface area contributed by atoms with Gasteiger partial charge in [-0.2, -0.15) is 0 Å². The summed E-state index contributed by atoms with van der Waals surface area (Å²) < 4.78 is 0. The van der Waals surface area contributed by atoms with E-state index in [1.807, 2.05) is 0 Å². The highest BCUT2D eigenvalue weighted by Crippen LogP contribution is 2.12. The van der Waals surface area contributed by atoms with E-state index < -0.39 is 0 Å². The molecule has 1 aromatic rings. The van der Waals surface area contributed by atoms with Crippen molar-refractivity contribution in [1.29, 1.82) is 0 Å². The van der Waals surface area contributed by atoms with Crippen molar-refractivity contribution in [3.05, 3.63) is 12.0 Å². The Balaban J connectivity index is 0.000000810. The monoisotopic (exact) mass is 205 g/mol. The van der Waals surface area contributed by atoms with Crippen LogP contribution in [0.5, 0.6) is 5.75 Å². The first kappa shape index (κ1) is 9.16. The lowest BCUT2D eigenvalue weighted by atomic mass is 10.5. The van der Waals surface area contributed by atoms with Crippen LogP contribution in [0, 0.1) is 6.92 Å². The molecule has 1 aromatic heterocycles. The molecule has 0 saturated carbocycles. The van der Waals surface area contributed by atoms with Crippen LogP contribution in [0.4, 0.5) is 5.82 Å². The quantitative estimate of drug-likeness (QED) is 0.653. The van der Waals surface area contributed by atoms with Crippen LogP contribution < -0.4 is 5.73 Å². The van der Waals surface area contributed by atoms with Crippen LogP contribution in [-0.2, 0) is 0 Å². The molecule has 3 N–H and O–H groups in total. The Morgan fingerprint density at radius 1 is 1.60 bits per heavy atom. The lowest BCUT2D eigenvalue weighted by Crippen LogP contribution is -1.94. The van der Waals surface area contributed by atoms with Gasteiger partial charge in [-0.1, -0.05) is 0 Å². The summed E-state index contributed by atoms with van der Waals surface area (Å²) in [6, 6.07) is 0. The number of anilines is 1. The van der Waals surface area contributed by atoms with Crippen molar-refractivity contribution in [1.82, 2.24) is 9.97 Å². The third-order valence-corrected chi connectivity index (χ3v) is 0.918. The number of aryl methyl sites for hydroxylation is 1. The van der Waals surface area contributed by atoms with E-state index in [9.17, 15) is 0 Å². The molecule has 5 heteroatoms. The van der Waals surface area contributed by atoms with Gasteiger partial charge in [0.1, 0.15) is 5.82 Å². The van der Waals surface area contributed by atoms with Crippen molar-refractivity contribution in [2.45, 2.75) is 6.92 Å². The van der Waals surface area contributed by atoms with Crippen molar-refractivity contribution in [3.63, 3.8) is 0 Å². The zero-order chi connectivity index (χ0) is 6.85. The highest BCUT2D eigenvalue weighted by Gasteiger charge is 1.95. The smallest absolute Gasteiger partial charge is 0.176 e. The zero-order valence-electron chi connectivity index (χ0n) is 5.40. The molecular weight excluding hydrogens is 198 g/mol. The van der Waals surface area contributed by atoms with Gasteiger partial charge in [-0.15, -0.1) is 17.0 Å². The first-order valence-corrected chi connectivity index (χ1v) is 2.48. The second-order valence-corrected chi connectivity index (χ2v) is 1.69. The van der Waals surface area contributed by atoms with Gasteiger partial charge in [0.2, 0.25) is 0 Å². The molecule has 0 fully saturated rings. The van der Waals surface area contributed by atoms with E-state index in [0.29, 0.717) is 5.82 Å². The molecule has 0 bridgehead atoms. The van der Waals surface area contributed by atoms with Gasteiger partial charge in [0.05, 0.1) is 6.20 Å². The van der Waals surface area contributed by atoms with E-state index in [-0.39, 0.29) is 28.5 Å². The summed E-state index contributed by atoms with van der Waals surface area (Å²) in [7, 11) is 0. The summed E-state index contributed by atoms with van der Waals surface area (Å²) in [5, 5.41) is 8.79. The Kier molecular flexibility index (Phi) is 3.08. The van der Waals surface area contributed by atoms with Gasteiger partial charge in [0.25, 0.3) is 0 Å². The predicted octanol–water partition coefficient (Wildman–Crippen LogP) is 0.651. The van der Waals surface area contributed by atoms with E-state index in [1.165, 1.54) is 6.20 Å². The molecule has 0 spiro atoms. The number of aromatic nitrogens is 2. The van der Waals surface area contributed by atoms with Crippen molar-refractivity contribution < 1.29 is 5.11 Å². The van der Waals surface area contributed by atoms with Crippen LogP contribution in [-0.4, -0.2) is 15.1 Å². The van der Waals surface area contributed by atoms with Crippen LogP contribution >= 0.6 is 17.0 Å². The number of hydrogen-bond acceptors (Lipinski definition) is 4. The van der Waals surface area contributed by atoms with Gasteiger partial charge in [0, 0.05) is 0 Å². The van der Waals surface area contributed by atoms with Crippen LogP contribution in [0.25, 0.3) is 0 Å². The molecule has 0 radical (unpaired) electrons. The van der Waals surface area contributed by atoms with Crippen molar-refractivity contribution in [2.75, 3.05) is 5.73 Å². The van der Waals surface area contributed by atoms with Crippen LogP contribution in [0.15, 0.2) is 6.20 Å². The average Bonchev–Trinajstić information content (AvgIpc) is 1.80. The van der Waals surface area contributed by atoms with Gasteiger partial charge in [-0.3, -0.25) is 0 Å². The van der Waals surface area contributed by atoms with E-state index in [4.69, 9.17) is 10.8 Å². The Morgan fingerprint density at radius 3 is 2.60 bits per heavy atom. The first-order valence-electron chi connectivity index (χ1n) is 2.48. The van der Waals surface area contributed by atoms with E-state index >= 15 is 0 Å². The van der Waals surface area contributed by atoms with Gasteiger partial charge in [-0.25, -0.2) is 9.97 Å². The van der Waals surface area contributed by atoms with Crippen molar-refractivity contribution in [3.8, 4) is 5.75 Å². The number of nitrogens with zero attached hydrogens (tertiary/aromatic N) is 2. The Hall–Kier alpha value is -0.840. The molecule has 0 amide bonds. The third kappa shape index (κ3) is 1.84. The molecule has 1 rings (SSSR count). The molecule has 56 valence electrons. The largest absolute Gasteiger partial charge is 0.503 e. The number of nitrogens with two attached hydrogens (primary N) is 1. The molecule has 0 unspecified atom stereocenters. The number of nitrogen functional groups attached to an aromatic ring is 1. The molecule has 0 saturated heterocycles. The summed E-state index contributed by atoms with van der Waals surface area (Å²) in [5.41, 5.74) is 5.22. The minimum atomic E-state index is -0.0689. The molecule has 0 aliphatic heterocycles.